The fourth-order valence-corrected chi connectivity index (χ4v) is 2.40. The highest BCUT2D eigenvalue weighted by atomic mass is 16.3. The molecule has 24 heavy (non-hydrogen) atoms. The van der Waals surface area contributed by atoms with Gasteiger partial charge in [0.2, 0.25) is 0 Å². The predicted octanol–water partition coefficient (Wildman–Crippen LogP) is 2.76. The fourth-order valence-electron chi connectivity index (χ4n) is 2.40. The first-order valence-corrected chi connectivity index (χ1v) is 9.84. The highest BCUT2D eigenvalue weighted by Gasteiger charge is 1.94. The lowest BCUT2D eigenvalue weighted by molar-refractivity contribution is 0.0450. The number of unbranched alkanes of at least 4 members (excludes halogenated alkanes) is 13. The SMILES string of the molecule is OCC(O)CO.OCCCCCCCCCCCCCCCCO. The average Bonchev–Trinajstić information content (AvgIpc) is 2.62. The minimum atomic E-state index is -0.954. The van der Waals surface area contributed by atoms with Crippen LogP contribution in [0.3, 0.4) is 0 Å². The zero-order chi connectivity index (χ0) is 18.3. The molecule has 0 bridgehead atoms. The molecular formula is C19H42O5. The van der Waals surface area contributed by atoms with Crippen molar-refractivity contribution in [2.45, 2.75) is 96.0 Å². The number of aliphatic hydroxyl groups excluding tert-OH is 5. The van der Waals surface area contributed by atoms with Crippen molar-refractivity contribution in [1.82, 2.24) is 0 Å². The van der Waals surface area contributed by atoms with Gasteiger partial charge in [-0.05, 0) is 12.8 Å². The number of rotatable bonds is 17. The molecule has 0 aliphatic carbocycles. The molecule has 0 aliphatic rings. The Bertz CT molecular complexity index is 182. The van der Waals surface area contributed by atoms with Crippen molar-refractivity contribution in [3.05, 3.63) is 0 Å². The van der Waals surface area contributed by atoms with E-state index in [1.807, 2.05) is 0 Å². The molecule has 0 rings (SSSR count). The molecule has 0 radical (unpaired) electrons. The maximum atomic E-state index is 8.65. The van der Waals surface area contributed by atoms with Gasteiger partial charge in [0.15, 0.2) is 0 Å². The van der Waals surface area contributed by atoms with E-state index in [0.29, 0.717) is 13.2 Å². The zero-order valence-corrected chi connectivity index (χ0v) is 15.5. The minimum absolute atomic E-state index is 0.359. The zero-order valence-electron chi connectivity index (χ0n) is 15.5. The van der Waals surface area contributed by atoms with E-state index in [9.17, 15) is 0 Å². The quantitative estimate of drug-likeness (QED) is 0.260. The minimum Gasteiger partial charge on any atom is -0.396 e. The van der Waals surface area contributed by atoms with Gasteiger partial charge in [0.05, 0.1) is 13.2 Å². The van der Waals surface area contributed by atoms with E-state index in [1.54, 1.807) is 0 Å². The van der Waals surface area contributed by atoms with Crippen LogP contribution in [0.25, 0.3) is 0 Å². The molecule has 0 spiro atoms. The van der Waals surface area contributed by atoms with Crippen LogP contribution in [0.1, 0.15) is 89.9 Å². The molecule has 0 aromatic rings. The van der Waals surface area contributed by atoms with Crippen LogP contribution < -0.4 is 0 Å². The third-order valence-electron chi connectivity index (χ3n) is 3.99. The first-order chi connectivity index (χ1) is 11.7. The van der Waals surface area contributed by atoms with Crippen LogP contribution in [0.2, 0.25) is 0 Å². The van der Waals surface area contributed by atoms with Gasteiger partial charge in [-0.2, -0.15) is 0 Å². The molecule has 0 aromatic heterocycles. The predicted molar refractivity (Wildman–Crippen MR) is 99.0 cm³/mol. The first-order valence-electron chi connectivity index (χ1n) is 9.84. The van der Waals surface area contributed by atoms with Gasteiger partial charge >= 0.3 is 0 Å². The summed E-state index contributed by atoms with van der Waals surface area (Å²) in [6, 6.07) is 0. The monoisotopic (exact) mass is 350 g/mol. The van der Waals surface area contributed by atoms with Gasteiger partial charge in [0, 0.05) is 13.2 Å². The summed E-state index contributed by atoms with van der Waals surface area (Å²) in [5.41, 5.74) is 0. The normalized spacial score (nSPS) is 10.8. The maximum Gasteiger partial charge on any atom is 0.100 e. The topological polar surface area (TPSA) is 101 Å². The lowest BCUT2D eigenvalue weighted by Gasteiger charge is -2.02. The van der Waals surface area contributed by atoms with Crippen molar-refractivity contribution >= 4 is 0 Å². The lowest BCUT2D eigenvalue weighted by atomic mass is 10.0. The summed E-state index contributed by atoms with van der Waals surface area (Å²) in [6.07, 6.45) is 17.0. The molecule has 0 aromatic carbocycles. The van der Waals surface area contributed by atoms with Crippen LogP contribution in [0, 0.1) is 0 Å². The second kappa shape index (κ2) is 25.0. The molecule has 148 valence electrons. The van der Waals surface area contributed by atoms with E-state index in [1.165, 1.54) is 77.0 Å². The molecule has 0 amide bonds. The Morgan fingerprint density at radius 2 is 0.583 bits per heavy atom. The van der Waals surface area contributed by atoms with Gasteiger partial charge < -0.3 is 25.5 Å². The van der Waals surface area contributed by atoms with Gasteiger partial charge in [0.1, 0.15) is 6.10 Å². The van der Waals surface area contributed by atoms with E-state index < -0.39 is 6.10 Å². The highest BCUT2D eigenvalue weighted by molar-refractivity contribution is 4.49. The highest BCUT2D eigenvalue weighted by Crippen LogP contribution is 2.12. The summed E-state index contributed by atoms with van der Waals surface area (Å²) < 4.78 is 0. The van der Waals surface area contributed by atoms with Crippen LogP contribution in [-0.4, -0.2) is 58.1 Å². The second-order valence-corrected chi connectivity index (χ2v) is 6.42. The second-order valence-electron chi connectivity index (χ2n) is 6.42. The average molecular weight is 351 g/mol. The third kappa shape index (κ3) is 26.7. The summed E-state index contributed by atoms with van der Waals surface area (Å²) in [4.78, 5) is 0. The maximum absolute atomic E-state index is 8.65. The molecule has 0 fully saturated rings. The van der Waals surface area contributed by atoms with E-state index in [2.05, 4.69) is 0 Å². The Hall–Kier alpha value is -0.200. The molecular weight excluding hydrogens is 308 g/mol. The van der Waals surface area contributed by atoms with Gasteiger partial charge in [-0.1, -0.05) is 77.0 Å². The Morgan fingerprint density at radius 3 is 0.708 bits per heavy atom. The molecule has 0 atom stereocenters. The van der Waals surface area contributed by atoms with E-state index in [4.69, 9.17) is 25.5 Å². The summed E-state index contributed by atoms with van der Waals surface area (Å²) >= 11 is 0. The Labute approximate surface area is 148 Å². The van der Waals surface area contributed by atoms with Crippen molar-refractivity contribution < 1.29 is 25.5 Å². The molecule has 5 heteroatoms. The largest absolute Gasteiger partial charge is 0.396 e. The molecule has 0 saturated carbocycles. The van der Waals surface area contributed by atoms with Crippen molar-refractivity contribution in [2.75, 3.05) is 26.4 Å². The van der Waals surface area contributed by atoms with Crippen LogP contribution in [0.15, 0.2) is 0 Å². The summed E-state index contributed by atoms with van der Waals surface area (Å²) in [5, 5.41) is 41.3. The third-order valence-corrected chi connectivity index (χ3v) is 3.99. The molecule has 0 saturated heterocycles. The molecule has 0 heterocycles. The van der Waals surface area contributed by atoms with E-state index in [-0.39, 0.29) is 13.2 Å². The van der Waals surface area contributed by atoms with Gasteiger partial charge in [-0.15, -0.1) is 0 Å². The van der Waals surface area contributed by atoms with Gasteiger partial charge in [-0.25, -0.2) is 0 Å². The number of hydrogen-bond acceptors (Lipinski definition) is 5. The first kappa shape index (κ1) is 26.0. The molecule has 0 unspecified atom stereocenters. The number of aliphatic hydroxyl groups is 5. The van der Waals surface area contributed by atoms with Crippen molar-refractivity contribution in [3.63, 3.8) is 0 Å². The number of hydrogen-bond donors (Lipinski definition) is 5. The van der Waals surface area contributed by atoms with Crippen LogP contribution in [0.5, 0.6) is 0 Å². The lowest BCUT2D eigenvalue weighted by Crippen LogP contribution is -2.15. The van der Waals surface area contributed by atoms with Crippen molar-refractivity contribution in [2.24, 2.45) is 0 Å². The van der Waals surface area contributed by atoms with Crippen LogP contribution >= 0.6 is 0 Å². The fraction of sp³-hybridized carbons (Fsp3) is 1.00. The molecule has 0 aliphatic heterocycles. The Balaban J connectivity index is 0. The van der Waals surface area contributed by atoms with E-state index >= 15 is 0 Å². The summed E-state index contributed by atoms with van der Waals surface area (Å²) in [5.74, 6) is 0. The van der Waals surface area contributed by atoms with Crippen LogP contribution in [-0.2, 0) is 0 Å². The van der Waals surface area contributed by atoms with Gasteiger partial charge in [-0.3, -0.25) is 0 Å². The van der Waals surface area contributed by atoms with Crippen molar-refractivity contribution in [3.8, 4) is 0 Å². The standard InChI is InChI=1S/C16H34O2.C3H8O3/c17-15-13-11-9-7-5-3-1-2-4-6-8-10-12-14-16-18;4-1-3(6)2-5/h17-18H,1-16H2;3-6H,1-2H2. The van der Waals surface area contributed by atoms with Crippen molar-refractivity contribution in [1.29, 1.82) is 0 Å². The van der Waals surface area contributed by atoms with Crippen LogP contribution in [0.4, 0.5) is 0 Å². The smallest absolute Gasteiger partial charge is 0.100 e. The summed E-state index contributed by atoms with van der Waals surface area (Å²) in [7, 11) is 0. The Morgan fingerprint density at radius 1 is 0.375 bits per heavy atom. The van der Waals surface area contributed by atoms with E-state index in [0.717, 1.165) is 12.8 Å². The van der Waals surface area contributed by atoms with Gasteiger partial charge in [0.25, 0.3) is 0 Å². The summed E-state index contributed by atoms with van der Waals surface area (Å²) in [6.45, 7) is -0.0103. The Kier molecular flexibility index (Phi) is 27.2. The molecule has 5 N–H and O–H groups in total. The molecule has 5 nitrogen and oxygen atoms in total.